The summed E-state index contributed by atoms with van der Waals surface area (Å²) in [6.45, 7) is 0. The van der Waals surface area contributed by atoms with E-state index in [1.165, 1.54) is 18.2 Å². The Morgan fingerprint density at radius 2 is 2.00 bits per heavy atom. The SMILES string of the molecule is O=c1oc2cc(O)ccc2c(O)c1Br. The molecule has 0 aliphatic heterocycles. The maximum atomic E-state index is 11.1. The van der Waals surface area contributed by atoms with Crippen LogP contribution < -0.4 is 5.63 Å². The number of benzene rings is 1. The van der Waals surface area contributed by atoms with Gasteiger partial charge in [-0.2, -0.15) is 0 Å². The summed E-state index contributed by atoms with van der Waals surface area (Å²) < 4.78 is 4.81. The molecule has 2 N–H and O–H groups in total. The molecule has 0 radical (unpaired) electrons. The smallest absolute Gasteiger partial charge is 0.354 e. The van der Waals surface area contributed by atoms with Gasteiger partial charge in [0.2, 0.25) is 0 Å². The zero-order chi connectivity index (χ0) is 10.3. The van der Waals surface area contributed by atoms with Gasteiger partial charge in [0.15, 0.2) is 0 Å². The summed E-state index contributed by atoms with van der Waals surface area (Å²) >= 11 is 2.90. The molecule has 2 aromatic rings. The van der Waals surface area contributed by atoms with Crippen LogP contribution in [0.2, 0.25) is 0 Å². The molecule has 0 saturated carbocycles. The Balaban J connectivity index is 2.98. The standard InChI is InChI=1S/C9H5BrO4/c10-7-8(12)5-2-1-4(11)3-6(5)14-9(7)13/h1-3,11-12H. The highest BCUT2D eigenvalue weighted by molar-refractivity contribution is 9.10. The molecule has 0 atom stereocenters. The Morgan fingerprint density at radius 1 is 1.29 bits per heavy atom. The number of phenols is 1. The summed E-state index contributed by atoms with van der Waals surface area (Å²) in [5.41, 5.74) is -0.531. The Hall–Kier alpha value is -1.49. The summed E-state index contributed by atoms with van der Waals surface area (Å²) in [5, 5.41) is 19.0. The van der Waals surface area contributed by atoms with Crippen molar-refractivity contribution in [3.8, 4) is 11.5 Å². The molecule has 0 amide bonds. The minimum atomic E-state index is -0.680. The number of hydrogen-bond acceptors (Lipinski definition) is 4. The van der Waals surface area contributed by atoms with Gasteiger partial charge in [-0.15, -0.1) is 0 Å². The molecule has 0 bridgehead atoms. The Bertz CT molecular complexity index is 558. The van der Waals surface area contributed by atoms with Crippen LogP contribution in [0.5, 0.6) is 11.5 Å². The van der Waals surface area contributed by atoms with E-state index in [0.717, 1.165) is 0 Å². The lowest BCUT2D eigenvalue weighted by atomic mass is 10.2. The Labute approximate surface area is 86.5 Å². The number of hydrogen-bond donors (Lipinski definition) is 2. The number of halogens is 1. The number of aromatic hydroxyl groups is 2. The second-order valence-corrected chi connectivity index (χ2v) is 3.53. The average Bonchev–Trinajstić information content (AvgIpc) is 2.14. The molecule has 4 nitrogen and oxygen atoms in total. The second-order valence-electron chi connectivity index (χ2n) is 2.73. The van der Waals surface area contributed by atoms with Crippen LogP contribution >= 0.6 is 15.9 Å². The van der Waals surface area contributed by atoms with E-state index in [4.69, 9.17) is 9.52 Å². The van der Waals surface area contributed by atoms with Gasteiger partial charge in [-0.05, 0) is 28.1 Å². The van der Waals surface area contributed by atoms with Crippen LogP contribution in [0.4, 0.5) is 0 Å². The summed E-state index contributed by atoms with van der Waals surface area (Å²) in [6, 6.07) is 4.13. The summed E-state index contributed by atoms with van der Waals surface area (Å²) in [4.78, 5) is 11.1. The summed E-state index contributed by atoms with van der Waals surface area (Å²) in [6.07, 6.45) is 0. The van der Waals surface area contributed by atoms with Crippen LogP contribution in [0.3, 0.4) is 0 Å². The van der Waals surface area contributed by atoms with E-state index < -0.39 is 5.63 Å². The van der Waals surface area contributed by atoms with Gasteiger partial charge >= 0.3 is 5.63 Å². The lowest BCUT2D eigenvalue weighted by Crippen LogP contribution is -1.99. The molecule has 0 saturated heterocycles. The summed E-state index contributed by atoms with van der Waals surface area (Å²) in [5.74, 6) is -0.210. The van der Waals surface area contributed by atoms with E-state index in [2.05, 4.69) is 15.9 Å². The van der Waals surface area contributed by atoms with Crippen molar-refractivity contribution in [2.24, 2.45) is 0 Å². The molecule has 72 valence electrons. The van der Waals surface area contributed by atoms with Crippen LogP contribution in [0.15, 0.2) is 31.9 Å². The molecular formula is C9H5BrO4. The summed E-state index contributed by atoms with van der Waals surface area (Å²) in [7, 11) is 0. The highest BCUT2D eigenvalue weighted by atomic mass is 79.9. The molecule has 0 aliphatic carbocycles. The van der Waals surface area contributed by atoms with E-state index in [1.807, 2.05) is 0 Å². The maximum Gasteiger partial charge on any atom is 0.354 e. The first-order chi connectivity index (χ1) is 6.59. The molecule has 1 aromatic carbocycles. The first-order valence-electron chi connectivity index (χ1n) is 3.74. The fraction of sp³-hybridized carbons (Fsp3) is 0. The topological polar surface area (TPSA) is 70.7 Å². The number of rotatable bonds is 0. The van der Waals surface area contributed by atoms with Gasteiger partial charge in [0.25, 0.3) is 0 Å². The third-order valence-electron chi connectivity index (χ3n) is 1.81. The van der Waals surface area contributed by atoms with Crippen molar-refractivity contribution in [1.29, 1.82) is 0 Å². The normalized spacial score (nSPS) is 10.6. The van der Waals surface area contributed by atoms with Crippen LogP contribution in [0.25, 0.3) is 11.0 Å². The van der Waals surface area contributed by atoms with E-state index in [1.54, 1.807) is 0 Å². The second kappa shape index (κ2) is 3.02. The van der Waals surface area contributed by atoms with Crippen molar-refractivity contribution in [3.63, 3.8) is 0 Å². The van der Waals surface area contributed by atoms with Crippen LogP contribution in [-0.2, 0) is 0 Å². The van der Waals surface area contributed by atoms with E-state index in [9.17, 15) is 9.90 Å². The molecule has 0 aliphatic rings. The van der Waals surface area contributed by atoms with Gasteiger partial charge in [0, 0.05) is 6.07 Å². The van der Waals surface area contributed by atoms with Crippen molar-refractivity contribution in [2.45, 2.75) is 0 Å². The lowest BCUT2D eigenvalue weighted by Gasteiger charge is -2.01. The fourth-order valence-electron chi connectivity index (χ4n) is 1.15. The number of phenolic OH excluding ortho intramolecular Hbond substituents is 1. The van der Waals surface area contributed by atoms with Gasteiger partial charge in [-0.25, -0.2) is 4.79 Å². The van der Waals surface area contributed by atoms with E-state index >= 15 is 0 Å². The molecule has 0 spiro atoms. The first kappa shape index (κ1) is 9.08. The Kier molecular flexibility index (Phi) is 1.96. The molecule has 0 unspecified atom stereocenters. The zero-order valence-corrected chi connectivity index (χ0v) is 8.41. The van der Waals surface area contributed by atoms with Crippen LogP contribution in [0, 0.1) is 0 Å². The third-order valence-corrected chi connectivity index (χ3v) is 2.51. The molecule has 1 aromatic heterocycles. The van der Waals surface area contributed by atoms with Crippen molar-refractivity contribution in [2.75, 3.05) is 0 Å². The molecule has 5 heteroatoms. The van der Waals surface area contributed by atoms with Crippen molar-refractivity contribution < 1.29 is 14.6 Å². The van der Waals surface area contributed by atoms with Crippen LogP contribution in [0.1, 0.15) is 0 Å². The van der Waals surface area contributed by atoms with Gasteiger partial charge in [0.1, 0.15) is 21.6 Å². The largest absolute Gasteiger partial charge is 0.508 e. The van der Waals surface area contributed by atoms with Gasteiger partial charge in [0.05, 0.1) is 5.39 Å². The molecule has 2 rings (SSSR count). The van der Waals surface area contributed by atoms with Crippen molar-refractivity contribution in [1.82, 2.24) is 0 Å². The van der Waals surface area contributed by atoms with E-state index in [0.29, 0.717) is 5.39 Å². The van der Waals surface area contributed by atoms with Crippen molar-refractivity contribution in [3.05, 3.63) is 33.1 Å². The minimum absolute atomic E-state index is 0.0179. The maximum absolute atomic E-state index is 11.1. The predicted octanol–water partition coefficient (Wildman–Crippen LogP) is 1.97. The fourth-order valence-corrected chi connectivity index (χ4v) is 1.45. The molecule has 1 heterocycles. The monoisotopic (exact) mass is 256 g/mol. The molecular weight excluding hydrogens is 252 g/mol. The van der Waals surface area contributed by atoms with Crippen molar-refractivity contribution >= 4 is 26.9 Å². The average molecular weight is 257 g/mol. The number of fused-ring (bicyclic) bond motifs is 1. The van der Waals surface area contributed by atoms with Gasteiger partial charge in [-0.3, -0.25) is 0 Å². The Morgan fingerprint density at radius 3 is 2.71 bits per heavy atom. The first-order valence-corrected chi connectivity index (χ1v) is 4.53. The highest BCUT2D eigenvalue weighted by Gasteiger charge is 2.11. The predicted molar refractivity (Wildman–Crippen MR) is 53.5 cm³/mol. The quantitative estimate of drug-likeness (QED) is 0.708. The van der Waals surface area contributed by atoms with E-state index in [-0.39, 0.29) is 21.6 Å². The highest BCUT2D eigenvalue weighted by Crippen LogP contribution is 2.31. The zero-order valence-electron chi connectivity index (χ0n) is 6.82. The third kappa shape index (κ3) is 1.26. The van der Waals surface area contributed by atoms with Crippen LogP contribution in [-0.4, -0.2) is 10.2 Å². The van der Waals surface area contributed by atoms with Gasteiger partial charge < -0.3 is 14.6 Å². The molecule has 0 fully saturated rings. The van der Waals surface area contributed by atoms with Gasteiger partial charge in [-0.1, -0.05) is 0 Å². The minimum Gasteiger partial charge on any atom is -0.508 e. The molecule has 14 heavy (non-hydrogen) atoms. The lowest BCUT2D eigenvalue weighted by molar-refractivity contribution is 0.458.